The van der Waals surface area contributed by atoms with Crippen LogP contribution in [0.25, 0.3) is 11.0 Å². The van der Waals surface area contributed by atoms with Gasteiger partial charge in [-0.15, -0.1) is 0 Å². The van der Waals surface area contributed by atoms with E-state index in [0.29, 0.717) is 28.1 Å². The van der Waals surface area contributed by atoms with E-state index in [4.69, 9.17) is 32.9 Å². The summed E-state index contributed by atoms with van der Waals surface area (Å²) in [6.07, 6.45) is 1.70. The number of amides is 1. The van der Waals surface area contributed by atoms with Crippen LogP contribution in [0.15, 0.2) is 42.5 Å². The Bertz CT molecular complexity index is 1140. The van der Waals surface area contributed by atoms with Crippen molar-refractivity contribution in [3.63, 3.8) is 0 Å². The molecule has 3 aromatic rings. The quantitative estimate of drug-likeness (QED) is 0.372. The molecule has 4 rings (SSSR count). The van der Waals surface area contributed by atoms with Crippen molar-refractivity contribution in [3.05, 3.63) is 58.1 Å². The highest BCUT2D eigenvalue weighted by atomic mass is 35.5. The number of carbonyl (C=O) groups excluding carboxylic acids is 2. The number of carbonyl (C=O) groups is 2. The molecule has 0 aliphatic carbocycles. The van der Waals surface area contributed by atoms with Crippen LogP contribution in [0.2, 0.25) is 10.0 Å². The minimum absolute atomic E-state index is 0.184. The van der Waals surface area contributed by atoms with Gasteiger partial charge in [0.05, 0.1) is 33.7 Å². The summed E-state index contributed by atoms with van der Waals surface area (Å²) < 4.78 is 7.29. The van der Waals surface area contributed by atoms with Gasteiger partial charge in [0.1, 0.15) is 0 Å². The van der Waals surface area contributed by atoms with Crippen molar-refractivity contribution in [2.24, 2.45) is 5.92 Å². The number of nitrogens with zero attached hydrogens (tertiary/aromatic N) is 3. The Labute approximate surface area is 190 Å². The largest absolute Gasteiger partial charge is 0.465 e. The normalized spacial score (nSPS) is 18.3. The van der Waals surface area contributed by atoms with E-state index in [0.717, 1.165) is 23.9 Å². The fourth-order valence-corrected chi connectivity index (χ4v) is 4.38. The zero-order valence-electron chi connectivity index (χ0n) is 17.3. The van der Waals surface area contributed by atoms with Crippen molar-refractivity contribution in [2.75, 3.05) is 18.1 Å². The first kappa shape index (κ1) is 21.7. The highest BCUT2D eigenvalue weighted by molar-refractivity contribution is 6.42. The summed E-state index contributed by atoms with van der Waals surface area (Å²) in [6.45, 7) is 4.44. The lowest BCUT2D eigenvalue weighted by Crippen LogP contribution is -2.50. The molecule has 2 heterocycles. The molecule has 31 heavy (non-hydrogen) atoms. The van der Waals surface area contributed by atoms with Gasteiger partial charge < -0.3 is 9.30 Å². The van der Waals surface area contributed by atoms with E-state index in [9.17, 15) is 9.59 Å². The van der Waals surface area contributed by atoms with E-state index >= 15 is 0 Å². The second-order valence-electron chi connectivity index (χ2n) is 7.46. The minimum Gasteiger partial charge on any atom is -0.465 e. The predicted octanol–water partition coefficient (Wildman–Crippen LogP) is 5.26. The van der Waals surface area contributed by atoms with Crippen LogP contribution >= 0.6 is 23.2 Å². The van der Waals surface area contributed by atoms with E-state index in [2.05, 4.69) is 6.92 Å². The predicted molar refractivity (Wildman–Crippen MR) is 122 cm³/mol. The van der Waals surface area contributed by atoms with Gasteiger partial charge in [-0.3, -0.25) is 14.5 Å². The number of ether oxygens (including phenoxy) is 1. The molecule has 1 aliphatic rings. The first-order valence-electron chi connectivity index (χ1n) is 10.4. The van der Waals surface area contributed by atoms with E-state index in [-0.39, 0.29) is 12.5 Å². The Morgan fingerprint density at radius 1 is 1.13 bits per heavy atom. The number of unbranched alkanes of at least 4 members (excludes halogenated alkanes) is 1. The van der Waals surface area contributed by atoms with Crippen molar-refractivity contribution >= 4 is 52.1 Å². The molecule has 0 radical (unpaired) electrons. The van der Waals surface area contributed by atoms with Gasteiger partial charge in [-0.2, -0.15) is 0 Å². The van der Waals surface area contributed by atoms with Crippen LogP contribution in [0.1, 0.15) is 38.3 Å². The van der Waals surface area contributed by atoms with Crippen LogP contribution in [0, 0.1) is 5.92 Å². The number of imidazole rings is 1. The third-order valence-electron chi connectivity index (χ3n) is 5.51. The molecule has 0 unspecified atom stereocenters. The summed E-state index contributed by atoms with van der Waals surface area (Å²) in [6, 6.07) is 12.2. The summed E-state index contributed by atoms with van der Waals surface area (Å²) in [5.74, 6) is -1.41. The number of anilines is 1. The number of para-hydroxylation sites is 2. The zero-order chi connectivity index (χ0) is 22.1. The third-order valence-corrected chi connectivity index (χ3v) is 6.24. The molecular formula is C23H23Cl2N3O3. The summed E-state index contributed by atoms with van der Waals surface area (Å²) in [5.41, 5.74) is 2.28. The van der Waals surface area contributed by atoms with E-state index in [1.807, 2.05) is 28.8 Å². The fraction of sp³-hybridized carbons (Fsp3) is 0.348. The third kappa shape index (κ3) is 3.79. The molecule has 0 saturated carbocycles. The molecule has 8 heteroatoms. The summed E-state index contributed by atoms with van der Waals surface area (Å²) in [7, 11) is 0. The van der Waals surface area contributed by atoms with Gasteiger partial charge in [-0.25, -0.2) is 4.98 Å². The average Bonchev–Trinajstić information content (AvgIpc) is 3.13. The van der Waals surface area contributed by atoms with E-state index in [1.54, 1.807) is 30.0 Å². The number of benzene rings is 2. The van der Waals surface area contributed by atoms with Crippen LogP contribution < -0.4 is 4.90 Å². The molecule has 0 fully saturated rings. The molecule has 162 valence electrons. The second-order valence-corrected chi connectivity index (χ2v) is 8.28. The molecule has 2 atom stereocenters. The van der Waals surface area contributed by atoms with Gasteiger partial charge >= 0.3 is 5.97 Å². The van der Waals surface area contributed by atoms with Gasteiger partial charge in [0.2, 0.25) is 11.9 Å². The Morgan fingerprint density at radius 2 is 1.90 bits per heavy atom. The molecular weight excluding hydrogens is 437 g/mol. The molecule has 0 spiro atoms. The van der Waals surface area contributed by atoms with Gasteiger partial charge in [0.25, 0.3) is 0 Å². The lowest BCUT2D eigenvalue weighted by Gasteiger charge is -2.38. The summed E-state index contributed by atoms with van der Waals surface area (Å²) >= 11 is 12.4. The monoisotopic (exact) mass is 459 g/mol. The van der Waals surface area contributed by atoms with Crippen molar-refractivity contribution < 1.29 is 14.3 Å². The second kappa shape index (κ2) is 8.89. The summed E-state index contributed by atoms with van der Waals surface area (Å²) in [4.78, 5) is 33.1. The molecule has 1 aromatic heterocycles. The maximum Gasteiger partial charge on any atom is 0.321 e. The Kier molecular flexibility index (Phi) is 6.21. The SMILES string of the molecule is CCCCN1C(=O)[C@H](C(=O)OCC)[C@@H](c2ccc(Cl)c(Cl)c2)n2c1nc1ccccc12. The maximum absolute atomic E-state index is 13.6. The smallest absolute Gasteiger partial charge is 0.321 e. The van der Waals surface area contributed by atoms with Gasteiger partial charge in [-0.1, -0.05) is 54.7 Å². The van der Waals surface area contributed by atoms with E-state index < -0.39 is 17.9 Å². The Balaban J connectivity index is 1.99. The minimum atomic E-state index is -1.06. The van der Waals surface area contributed by atoms with Gasteiger partial charge in [0.15, 0.2) is 5.92 Å². The Morgan fingerprint density at radius 3 is 2.61 bits per heavy atom. The highest BCUT2D eigenvalue weighted by Gasteiger charge is 2.47. The highest BCUT2D eigenvalue weighted by Crippen LogP contribution is 2.42. The average molecular weight is 460 g/mol. The first-order chi connectivity index (χ1) is 15.0. The van der Waals surface area contributed by atoms with Gasteiger partial charge in [-0.05, 0) is 43.2 Å². The molecule has 2 aromatic carbocycles. The van der Waals surface area contributed by atoms with Crippen LogP contribution in [-0.2, 0) is 14.3 Å². The molecule has 0 N–H and O–H groups in total. The van der Waals surface area contributed by atoms with Crippen LogP contribution in [0.3, 0.4) is 0 Å². The number of esters is 1. The van der Waals surface area contributed by atoms with Crippen LogP contribution in [-0.4, -0.2) is 34.6 Å². The molecule has 0 bridgehead atoms. The fourth-order valence-electron chi connectivity index (χ4n) is 4.07. The van der Waals surface area contributed by atoms with Gasteiger partial charge in [0, 0.05) is 6.54 Å². The standard InChI is InChI=1S/C23H23Cl2N3O3/c1-3-5-12-27-21(29)19(22(30)31-4-2)20(14-10-11-15(24)16(25)13-14)28-18-9-7-6-8-17(18)26-23(27)28/h6-11,13,19-20H,3-5,12H2,1-2H3/t19-,20-/m1/s1. The number of hydrogen-bond acceptors (Lipinski definition) is 4. The summed E-state index contributed by atoms with van der Waals surface area (Å²) in [5, 5.41) is 0.758. The molecule has 1 aliphatic heterocycles. The first-order valence-corrected chi connectivity index (χ1v) is 11.1. The zero-order valence-corrected chi connectivity index (χ0v) is 18.9. The number of halogens is 2. The lowest BCUT2D eigenvalue weighted by atomic mass is 9.89. The van der Waals surface area contributed by atoms with Crippen molar-refractivity contribution in [1.29, 1.82) is 0 Å². The topological polar surface area (TPSA) is 64.4 Å². The van der Waals surface area contributed by atoms with Crippen molar-refractivity contribution in [3.8, 4) is 0 Å². The Hall–Kier alpha value is -2.57. The van der Waals surface area contributed by atoms with Crippen molar-refractivity contribution in [2.45, 2.75) is 32.7 Å². The van der Waals surface area contributed by atoms with Crippen LogP contribution in [0.4, 0.5) is 5.95 Å². The number of rotatable bonds is 6. The lowest BCUT2D eigenvalue weighted by molar-refractivity contribution is -0.153. The van der Waals surface area contributed by atoms with Crippen molar-refractivity contribution in [1.82, 2.24) is 9.55 Å². The molecule has 1 amide bonds. The number of fused-ring (bicyclic) bond motifs is 3. The number of aromatic nitrogens is 2. The maximum atomic E-state index is 13.6. The van der Waals surface area contributed by atoms with E-state index in [1.165, 1.54) is 0 Å². The molecule has 0 saturated heterocycles. The van der Waals surface area contributed by atoms with Crippen LogP contribution in [0.5, 0.6) is 0 Å². The molecule has 6 nitrogen and oxygen atoms in total. The number of hydrogen-bond donors (Lipinski definition) is 0.